The number of carbonyl (C=O) groups is 1. The molecule has 4 rings (SSSR count). The van der Waals surface area contributed by atoms with Crippen LogP contribution in [-0.2, 0) is 7.05 Å². The van der Waals surface area contributed by atoms with E-state index in [0.717, 1.165) is 4.68 Å². The van der Waals surface area contributed by atoms with E-state index < -0.39 is 5.91 Å². The SMILES string of the molecule is Cc1nn(-c2ccccc2Cl)c(Cl)c1/C=N/NC(=O)c1nn(C)c(=O)c2ccccc12. The van der Waals surface area contributed by atoms with Gasteiger partial charge in [0.25, 0.3) is 11.5 Å². The molecular formula is C21H16Cl2N6O2. The van der Waals surface area contributed by atoms with Crippen LogP contribution >= 0.6 is 23.2 Å². The van der Waals surface area contributed by atoms with Gasteiger partial charge in [0.15, 0.2) is 5.69 Å². The quantitative estimate of drug-likeness (QED) is 0.377. The molecule has 2 heterocycles. The molecule has 4 aromatic rings. The van der Waals surface area contributed by atoms with Gasteiger partial charge in [0.2, 0.25) is 0 Å². The first kappa shape index (κ1) is 20.8. The maximum absolute atomic E-state index is 12.7. The van der Waals surface area contributed by atoms with E-state index in [2.05, 4.69) is 20.7 Å². The van der Waals surface area contributed by atoms with E-state index >= 15 is 0 Å². The molecule has 8 nitrogen and oxygen atoms in total. The largest absolute Gasteiger partial charge is 0.292 e. The number of hydrazone groups is 1. The van der Waals surface area contributed by atoms with Gasteiger partial charge in [-0.1, -0.05) is 53.5 Å². The first-order valence-electron chi connectivity index (χ1n) is 9.18. The second-order valence-electron chi connectivity index (χ2n) is 6.68. The summed E-state index contributed by atoms with van der Waals surface area (Å²) >= 11 is 12.7. The van der Waals surface area contributed by atoms with E-state index in [1.165, 1.54) is 17.9 Å². The van der Waals surface area contributed by atoms with Crippen LogP contribution in [0.5, 0.6) is 0 Å². The molecule has 1 amide bonds. The van der Waals surface area contributed by atoms with E-state index in [9.17, 15) is 9.59 Å². The van der Waals surface area contributed by atoms with E-state index in [0.29, 0.717) is 37.9 Å². The van der Waals surface area contributed by atoms with Crippen LogP contribution in [0, 0.1) is 6.92 Å². The highest BCUT2D eigenvalue weighted by atomic mass is 35.5. The summed E-state index contributed by atoms with van der Waals surface area (Å²) in [6.45, 7) is 1.77. The number of para-hydroxylation sites is 1. The van der Waals surface area contributed by atoms with Crippen LogP contribution in [0.4, 0.5) is 0 Å². The minimum Gasteiger partial charge on any atom is -0.267 e. The van der Waals surface area contributed by atoms with Crippen LogP contribution < -0.4 is 11.0 Å². The number of hydrogen-bond donors (Lipinski definition) is 1. The van der Waals surface area contributed by atoms with Gasteiger partial charge in [-0.3, -0.25) is 9.59 Å². The van der Waals surface area contributed by atoms with E-state index in [1.54, 1.807) is 43.3 Å². The lowest BCUT2D eigenvalue weighted by Gasteiger charge is -2.06. The number of nitrogens with zero attached hydrogens (tertiary/aromatic N) is 5. The number of hydrogen-bond acceptors (Lipinski definition) is 5. The summed E-state index contributed by atoms with van der Waals surface area (Å²) in [7, 11) is 1.49. The second kappa shape index (κ2) is 8.33. The first-order valence-corrected chi connectivity index (χ1v) is 9.93. The lowest BCUT2D eigenvalue weighted by molar-refractivity contribution is 0.0950. The average molecular weight is 455 g/mol. The fourth-order valence-corrected chi connectivity index (χ4v) is 3.65. The summed E-state index contributed by atoms with van der Waals surface area (Å²) in [5.41, 5.74) is 3.99. The van der Waals surface area contributed by atoms with Gasteiger partial charge in [-0.25, -0.2) is 14.8 Å². The lowest BCUT2D eigenvalue weighted by Crippen LogP contribution is -2.27. The zero-order valence-corrected chi connectivity index (χ0v) is 18.0. The van der Waals surface area contributed by atoms with Crippen LogP contribution in [0.25, 0.3) is 16.5 Å². The van der Waals surface area contributed by atoms with Crippen molar-refractivity contribution in [3.63, 3.8) is 0 Å². The Morgan fingerprint density at radius 1 is 1.06 bits per heavy atom. The standard InChI is InChI=1S/C21H16Cl2N6O2/c1-12-15(19(23)29(26-12)17-10-6-5-9-16(17)22)11-24-25-20(30)18-13-7-3-4-8-14(13)21(31)28(2)27-18/h3-11H,1-2H3,(H,25,30)/b24-11+. The predicted octanol–water partition coefficient (Wildman–Crippen LogP) is 3.50. The number of rotatable bonds is 4. The fourth-order valence-electron chi connectivity index (χ4n) is 3.12. The van der Waals surface area contributed by atoms with Gasteiger partial charge >= 0.3 is 0 Å². The molecule has 0 bridgehead atoms. The molecular weight excluding hydrogens is 439 g/mol. The molecule has 0 aliphatic carbocycles. The normalized spacial score (nSPS) is 11.4. The second-order valence-corrected chi connectivity index (χ2v) is 7.44. The summed E-state index contributed by atoms with van der Waals surface area (Å²) in [6, 6.07) is 13.9. The Bertz CT molecular complexity index is 1410. The van der Waals surface area contributed by atoms with Crippen molar-refractivity contribution in [1.29, 1.82) is 0 Å². The predicted molar refractivity (Wildman–Crippen MR) is 120 cm³/mol. The van der Waals surface area contributed by atoms with Crippen molar-refractivity contribution >= 4 is 46.1 Å². The highest BCUT2D eigenvalue weighted by molar-refractivity contribution is 6.34. The number of aryl methyl sites for hydroxylation is 2. The number of carbonyl (C=O) groups excluding carboxylic acids is 1. The Balaban J connectivity index is 1.63. The van der Waals surface area contributed by atoms with Gasteiger partial charge in [-0.05, 0) is 25.1 Å². The van der Waals surface area contributed by atoms with Crippen LogP contribution in [0.1, 0.15) is 21.7 Å². The lowest BCUT2D eigenvalue weighted by atomic mass is 10.1. The summed E-state index contributed by atoms with van der Waals surface area (Å²) in [5.74, 6) is -0.560. The van der Waals surface area contributed by atoms with Crippen LogP contribution in [0.2, 0.25) is 10.2 Å². The first-order chi connectivity index (χ1) is 14.9. The summed E-state index contributed by atoms with van der Waals surface area (Å²) in [6.07, 6.45) is 1.40. The van der Waals surface area contributed by atoms with E-state index in [1.807, 2.05) is 12.1 Å². The van der Waals surface area contributed by atoms with E-state index in [-0.39, 0.29) is 11.3 Å². The summed E-state index contributed by atoms with van der Waals surface area (Å²) in [5, 5.41) is 14.1. The molecule has 156 valence electrons. The smallest absolute Gasteiger partial charge is 0.267 e. The number of halogens is 2. The van der Waals surface area contributed by atoms with Gasteiger partial charge in [-0.2, -0.15) is 15.3 Å². The van der Waals surface area contributed by atoms with Crippen molar-refractivity contribution in [1.82, 2.24) is 25.0 Å². The maximum atomic E-state index is 12.7. The Morgan fingerprint density at radius 2 is 1.74 bits per heavy atom. The minimum atomic E-state index is -0.560. The van der Waals surface area contributed by atoms with Crippen molar-refractivity contribution in [3.8, 4) is 5.69 Å². The van der Waals surface area contributed by atoms with Crippen LogP contribution in [0.3, 0.4) is 0 Å². The third-order valence-electron chi connectivity index (χ3n) is 4.66. The molecule has 0 spiro atoms. The molecule has 0 saturated heterocycles. The Labute approximate surface area is 186 Å². The molecule has 31 heavy (non-hydrogen) atoms. The van der Waals surface area contributed by atoms with Crippen molar-refractivity contribution < 1.29 is 4.79 Å². The maximum Gasteiger partial charge on any atom is 0.292 e. The number of aromatic nitrogens is 4. The van der Waals surface area contributed by atoms with Gasteiger partial charge in [0, 0.05) is 12.4 Å². The number of amides is 1. The fraction of sp³-hybridized carbons (Fsp3) is 0.0952. The summed E-state index contributed by atoms with van der Waals surface area (Å²) < 4.78 is 2.63. The van der Waals surface area contributed by atoms with Crippen LogP contribution in [-0.4, -0.2) is 31.7 Å². The van der Waals surface area contributed by atoms with Gasteiger partial charge in [-0.15, -0.1) is 0 Å². The van der Waals surface area contributed by atoms with Crippen molar-refractivity contribution in [2.24, 2.45) is 12.1 Å². The zero-order valence-electron chi connectivity index (χ0n) is 16.5. The minimum absolute atomic E-state index is 0.0874. The molecule has 0 fully saturated rings. The van der Waals surface area contributed by atoms with Gasteiger partial charge in [0.1, 0.15) is 5.15 Å². The Morgan fingerprint density at radius 3 is 2.48 bits per heavy atom. The number of nitrogens with one attached hydrogen (secondary N) is 1. The number of benzene rings is 2. The molecule has 10 heteroatoms. The monoisotopic (exact) mass is 454 g/mol. The molecule has 0 aliphatic heterocycles. The Hall–Kier alpha value is -3.49. The van der Waals surface area contributed by atoms with Crippen LogP contribution in [0.15, 0.2) is 58.4 Å². The van der Waals surface area contributed by atoms with Crippen molar-refractivity contribution in [3.05, 3.63) is 86.0 Å². The topological polar surface area (TPSA) is 94.2 Å². The highest BCUT2D eigenvalue weighted by Crippen LogP contribution is 2.26. The van der Waals surface area contributed by atoms with E-state index in [4.69, 9.17) is 23.2 Å². The molecule has 0 aliphatic rings. The molecule has 0 atom stereocenters. The third-order valence-corrected chi connectivity index (χ3v) is 5.34. The van der Waals surface area contributed by atoms with Crippen molar-refractivity contribution in [2.45, 2.75) is 6.92 Å². The number of fused-ring (bicyclic) bond motifs is 1. The van der Waals surface area contributed by atoms with Gasteiger partial charge < -0.3 is 0 Å². The molecule has 2 aromatic carbocycles. The molecule has 0 unspecified atom stereocenters. The highest BCUT2D eigenvalue weighted by Gasteiger charge is 2.17. The molecule has 0 radical (unpaired) electrons. The molecule has 0 saturated carbocycles. The molecule has 1 N–H and O–H groups in total. The zero-order chi connectivity index (χ0) is 22.1. The summed E-state index contributed by atoms with van der Waals surface area (Å²) in [4.78, 5) is 24.9. The third kappa shape index (κ3) is 3.83. The Kier molecular flexibility index (Phi) is 5.58. The van der Waals surface area contributed by atoms with Gasteiger partial charge in [0.05, 0.1) is 33.6 Å². The van der Waals surface area contributed by atoms with Crippen molar-refractivity contribution in [2.75, 3.05) is 0 Å². The molecule has 2 aromatic heterocycles. The average Bonchev–Trinajstić information content (AvgIpc) is 3.04.